The third-order valence-electron chi connectivity index (χ3n) is 4.05. The van der Waals surface area contributed by atoms with Gasteiger partial charge in [-0.15, -0.1) is 0 Å². The molecule has 0 aliphatic rings. The van der Waals surface area contributed by atoms with E-state index in [2.05, 4.69) is 5.32 Å². The van der Waals surface area contributed by atoms with E-state index >= 15 is 0 Å². The number of rotatable bonds is 10. The monoisotopic (exact) mass is 404 g/mol. The highest BCUT2D eigenvalue weighted by molar-refractivity contribution is 5.93. The maximum absolute atomic E-state index is 12.4. The number of nitrogens with zero attached hydrogens (tertiary/aromatic N) is 1. The molecular formula is C20H24N2O7. The number of likely N-dealkylation sites (N-methyl/N-ethyl adjacent to an activating group) is 1. The van der Waals surface area contributed by atoms with Gasteiger partial charge in [-0.2, -0.15) is 0 Å². The first-order valence-corrected chi connectivity index (χ1v) is 8.94. The largest absolute Gasteiger partial charge is 0.493 e. The second-order valence-corrected chi connectivity index (χ2v) is 5.92. The van der Waals surface area contributed by atoms with Crippen LogP contribution in [0.2, 0.25) is 0 Å². The van der Waals surface area contributed by atoms with E-state index < -0.39 is 18.5 Å². The molecular weight excluding hydrogens is 380 g/mol. The number of methoxy groups -OCH3 is 2. The number of nitrogens with one attached hydrogen (secondary N) is 1. The summed E-state index contributed by atoms with van der Waals surface area (Å²) < 4.78 is 20.3. The van der Waals surface area contributed by atoms with Crippen molar-refractivity contribution in [3.05, 3.63) is 47.9 Å². The maximum Gasteiger partial charge on any atom is 0.325 e. The first kappa shape index (κ1) is 21.8. The molecule has 2 rings (SSSR count). The van der Waals surface area contributed by atoms with Crippen LogP contribution in [0.15, 0.2) is 41.0 Å². The Balaban J connectivity index is 1.83. The van der Waals surface area contributed by atoms with Crippen molar-refractivity contribution >= 4 is 17.8 Å². The van der Waals surface area contributed by atoms with E-state index in [-0.39, 0.29) is 18.2 Å². The van der Waals surface area contributed by atoms with E-state index in [4.69, 9.17) is 18.6 Å². The quantitative estimate of drug-likeness (QED) is 0.600. The number of carbonyl (C=O) groups is 3. The fourth-order valence-corrected chi connectivity index (χ4v) is 2.51. The first-order valence-electron chi connectivity index (χ1n) is 8.94. The molecule has 0 bridgehead atoms. The first-order chi connectivity index (χ1) is 14.0. The van der Waals surface area contributed by atoms with Crippen molar-refractivity contribution in [1.82, 2.24) is 10.2 Å². The Hall–Kier alpha value is -3.49. The molecule has 0 spiro atoms. The van der Waals surface area contributed by atoms with Crippen molar-refractivity contribution in [2.24, 2.45) is 0 Å². The molecule has 29 heavy (non-hydrogen) atoms. The second-order valence-electron chi connectivity index (χ2n) is 5.92. The highest BCUT2D eigenvalue weighted by Crippen LogP contribution is 2.28. The molecule has 0 atom stereocenters. The SMILES string of the molecule is CCN(Cc1ccc(OC)c(OC)c1)C(=O)COC(=O)CNC(=O)c1ccco1. The number of ether oxygens (including phenoxy) is 3. The van der Waals surface area contributed by atoms with Crippen molar-refractivity contribution in [2.75, 3.05) is 33.9 Å². The van der Waals surface area contributed by atoms with E-state index in [9.17, 15) is 14.4 Å². The van der Waals surface area contributed by atoms with Crippen LogP contribution in [0.4, 0.5) is 0 Å². The minimum atomic E-state index is -0.722. The molecule has 0 saturated heterocycles. The molecule has 2 aromatic rings. The topological polar surface area (TPSA) is 107 Å². The van der Waals surface area contributed by atoms with Crippen LogP contribution in [-0.4, -0.2) is 56.6 Å². The Bertz CT molecular complexity index is 833. The van der Waals surface area contributed by atoms with Gasteiger partial charge in [0.05, 0.1) is 20.5 Å². The smallest absolute Gasteiger partial charge is 0.325 e. The Labute approximate surface area is 168 Å². The molecule has 9 nitrogen and oxygen atoms in total. The Morgan fingerprint density at radius 3 is 2.48 bits per heavy atom. The van der Waals surface area contributed by atoms with Crippen molar-refractivity contribution in [3.63, 3.8) is 0 Å². The van der Waals surface area contributed by atoms with Crippen LogP contribution in [0.1, 0.15) is 23.0 Å². The molecule has 9 heteroatoms. The minimum absolute atomic E-state index is 0.0842. The molecule has 0 fully saturated rings. The number of carbonyl (C=O) groups excluding carboxylic acids is 3. The van der Waals surface area contributed by atoms with Crippen LogP contribution >= 0.6 is 0 Å². The highest BCUT2D eigenvalue weighted by Gasteiger charge is 2.17. The molecule has 1 aromatic carbocycles. The van der Waals surface area contributed by atoms with Crippen LogP contribution < -0.4 is 14.8 Å². The number of hydrogen-bond acceptors (Lipinski definition) is 7. The van der Waals surface area contributed by atoms with Gasteiger partial charge in [0.1, 0.15) is 6.54 Å². The molecule has 0 aliphatic carbocycles. The molecule has 0 saturated carbocycles. The molecule has 0 radical (unpaired) electrons. The highest BCUT2D eigenvalue weighted by atomic mass is 16.5. The van der Waals surface area contributed by atoms with Gasteiger partial charge in [-0.1, -0.05) is 6.07 Å². The number of amides is 2. The van der Waals surface area contributed by atoms with E-state index in [1.54, 1.807) is 25.3 Å². The van der Waals surface area contributed by atoms with E-state index in [1.807, 2.05) is 13.0 Å². The summed E-state index contributed by atoms with van der Waals surface area (Å²) in [6.45, 7) is 1.79. The summed E-state index contributed by atoms with van der Waals surface area (Å²) in [6, 6.07) is 8.40. The van der Waals surface area contributed by atoms with Crippen molar-refractivity contribution in [2.45, 2.75) is 13.5 Å². The average molecular weight is 404 g/mol. The predicted molar refractivity (Wildman–Crippen MR) is 103 cm³/mol. The zero-order chi connectivity index (χ0) is 21.2. The molecule has 1 N–H and O–H groups in total. The van der Waals surface area contributed by atoms with Crippen molar-refractivity contribution in [1.29, 1.82) is 0 Å². The van der Waals surface area contributed by atoms with Crippen molar-refractivity contribution in [3.8, 4) is 11.5 Å². The zero-order valence-electron chi connectivity index (χ0n) is 16.6. The van der Waals surface area contributed by atoms with Gasteiger partial charge in [-0.25, -0.2) is 0 Å². The number of hydrogen-bond donors (Lipinski definition) is 1. The summed E-state index contributed by atoms with van der Waals surface area (Å²) in [5, 5.41) is 2.36. The summed E-state index contributed by atoms with van der Waals surface area (Å²) in [7, 11) is 3.08. The third-order valence-corrected chi connectivity index (χ3v) is 4.05. The lowest BCUT2D eigenvalue weighted by molar-refractivity contribution is -0.151. The lowest BCUT2D eigenvalue weighted by Crippen LogP contribution is -2.36. The summed E-state index contributed by atoms with van der Waals surface area (Å²) in [5.74, 6) is -0.375. The summed E-state index contributed by atoms with van der Waals surface area (Å²) >= 11 is 0. The summed E-state index contributed by atoms with van der Waals surface area (Å²) in [6.07, 6.45) is 1.35. The van der Waals surface area contributed by atoms with E-state index in [1.165, 1.54) is 24.3 Å². The van der Waals surface area contributed by atoms with Gasteiger partial charge in [0.15, 0.2) is 23.9 Å². The van der Waals surface area contributed by atoms with Crippen molar-refractivity contribution < 1.29 is 33.0 Å². The molecule has 156 valence electrons. The van der Waals surface area contributed by atoms with Crippen LogP contribution in [0, 0.1) is 0 Å². The Morgan fingerprint density at radius 1 is 1.10 bits per heavy atom. The van der Waals surface area contributed by atoms with Gasteiger partial charge in [0.25, 0.3) is 11.8 Å². The van der Waals surface area contributed by atoms with Crippen LogP contribution in [0.5, 0.6) is 11.5 Å². The molecule has 0 unspecified atom stereocenters. The number of furan rings is 1. The number of esters is 1. The minimum Gasteiger partial charge on any atom is -0.493 e. The van der Waals surface area contributed by atoms with Gasteiger partial charge >= 0.3 is 5.97 Å². The summed E-state index contributed by atoms with van der Waals surface area (Å²) in [5.41, 5.74) is 0.842. The molecule has 1 heterocycles. The Morgan fingerprint density at radius 2 is 1.86 bits per heavy atom. The van der Waals surface area contributed by atoms with Gasteiger partial charge in [-0.05, 0) is 36.8 Å². The molecule has 1 aromatic heterocycles. The van der Waals surface area contributed by atoms with Crippen LogP contribution in [0.3, 0.4) is 0 Å². The average Bonchev–Trinajstić information content (AvgIpc) is 3.28. The summed E-state index contributed by atoms with van der Waals surface area (Å²) in [4.78, 5) is 37.4. The normalized spacial score (nSPS) is 10.2. The molecule has 0 aliphatic heterocycles. The Kier molecular flexibility index (Phi) is 8.08. The van der Waals surface area contributed by atoms with Crippen LogP contribution in [0.25, 0.3) is 0 Å². The van der Waals surface area contributed by atoms with Gasteiger partial charge < -0.3 is 28.8 Å². The second kappa shape index (κ2) is 10.7. The van der Waals surface area contributed by atoms with Gasteiger partial charge in [-0.3, -0.25) is 14.4 Å². The maximum atomic E-state index is 12.4. The fraction of sp³-hybridized carbons (Fsp3) is 0.350. The fourth-order valence-electron chi connectivity index (χ4n) is 2.51. The van der Waals surface area contributed by atoms with Gasteiger partial charge in [0, 0.05) is 13.1 Å². The lowest BCUT2D eigenvalue weighted by atomic mass is 10.2. The lowest BCUT2D eigenvalue weighted by Gasteiger charge is -2.21. The number of benzene rings is 1. The predicted octanol–water partition coefficient (Wildman–Crippen LogP) is 1.62. The van der Waals surface area contributed by atoms with Crippen LogP contribution in [-0.2, 0) is 20.9 Å². The van der Waals surface area contributed by atoms with Gasteiger partial charge in [0.2, 0.25) is 0 Å². The van der Waals surface area contributed by atoms with E-state index in [0.717, 1.165) is 5.56 Å². The third kappa shape index (κ3) is 6.27. The van der Waals surface area contributed by atoms with E-state index in [0.29, 0.717) is 24.6 Å². The standard InChI is InChI=1S/C20H24N2O7/c1-4-22(12-14-7-8-15(26-2)17(10-14)27-3)18(23)13-29-19(24)11-21-20(25)16-6-5-9-28-16/h5-10H,4,11-13H2,1-3H3,(H,21,25). The molecule has 2 amide bonds. The zero-order valence-corrected chi connectivity index (χ0v) is 16.6.